The van der Waals surface area contributed by atoms with Crippen LogP contribution in [0.3, 0.4) is 0 Å². The highest BCUT2D eigenvalue weighted by molar-refractivity contribution is 6.42. The molecule has 0 aromatic heterocycles. The van der Waals surface area contributed by atoms with Crippen LogP contribution in [0.4, 0.5) is 4.39 Å². The van der Waals surface area contributed by atoms with Gasteiger partial charge < -0.3 is 5.32 Å². The highest BCUT2D eigenvalue weighted by atomic mass is 35.5. The Kier molecular flexibility index (Phi) is 9.18. The van der Waals surface area contributed by atoms with Crippen LogP contribution < -0.4 is 5.32 Å². The third kappa shape index (κ3) is 7.00. The summed E-state index contributed by atoms with van der Waals surface area (Å²) in [4.78, 5) is 15.8. The molecule has 0 spiro atoms. The molecule has 1 unspecified atom stereocenters. The fourth-order valence-electron chi connectivity index (χ4n) is 5.64. The van der Waals surface area contributed by atoms with E-state index in [1.807, 2.05) is 24.3 Å². The van der Waals surface area contributed by atoms with Crippen molar-refractivity contribution in [1.82, 2.24) is 10.2 Å². The SMILES string of the molecule is O=C(NCC(CCC1CCN(Cc2ccccc2)CC1)c1ccc(Cl)c(Cl)c1)c1ccc(F)c2ccccc12. The Morgan fingerprint density at radius 1 is 0.897 bits per heavy atom. The molecule has 0 saturated carbocycles. The molecule has 1 aliphatic heterocycles. The maximum Gasteiger partial charge on any atom is 0.251 e. The molecule has 202 valence electrons. The highest BCUT2D eigenvalue weighted by Crippen LogP contribution is 2.32. The van der Waals surface area contributed by atoms with Crippen LogP contribution in [0.5, 0.6) is 0 Å². The van der Waals surface area contributed by atoms with Crippen molar-refractivity contribution in [2.75, 3.05) is 19.6 Å². The summed E-state index contributed by atoms with van der Waals surface area (Å²) in [5, 5.41) is 5.22. The second-order valence-corrected chi connectivity index (χ2v) is 11.3. The first-order valence-electron chi connectivity index (χ1n) is 13.6. The van der Waals surface area contributed by atoms with Crippen molar-refractivity contribution in [3.05, 3.63) is 117 Å². The number of carbonyl (C=O) groups excluding carboxylic acids is 1. The average molecular weight is 564 g/mol. The first kappa shape index (κ1) is 27.6. The number of amides is 1. The topological polar surface area (TPSA) is 32.3 Å². The van der Waals surface area contributed by atoms with Crippen molar-refractivity contribution in [2.24, 2.45) is 5.92 Å². The Labute approximate surface area is 239 Å². The lowest BCUT2D eigenvalue weighted by Crippen LogP contribution is -2.33. The number of piperidine rings is 1. The van der Waals surface area contributed by atoms with Crippen LogP contribution in [0.2, 0.25) is 10.0 Å². The van der Waals surface area contributed by atoms with Crippen LogP contribution in [-0.2, 0) is 6.54 Å². The molecule has 4 aromatic rings. The molecule has 39 heavy (non-hydrogen) atoms. The third-order valence-electron chi connectivity index (χ3n) is 7.92. The van der Waals surface area contributed by atoms with E-state index in [-0.39, 0.29) is 17.6 Å². The van der Waals surface area contributed by atoms with Crippen LogP contribution in [0.25, 0.3) is 10.8 Å². The molecule has 1 amide bonds. The summed E-state index contributed by atoms with van der Waals surface area (Å²) < 4.78 is 14.3. The Morgan fingerprint density at radius 2 is 1.62 bits per heavy atom. The van der Waals surface area contributed by atoms with E-state index in [9.17, 15) is 9.18 Å². The van der Waals surface area contributed by atoms with E-state index in [2.05, 4.69) is 40.5 Å². The molecule has 0 radical (unpaired) electrons. The number of halogens is 3. The lowest BCUT2D eigenvalue weighted by molar-refractivity contribution is 0.0951. The van der Waals surface area contributed by atoms with Gasteiger partial charge in [0.05, 0.1) is 10.0 Å². The van der Waals surface area contributed by atoms with Crippen LogP contribution in [0, 0.1) is 11.7 Å². The molecular weight excluding hydrogens is 530 g/mol. The molecule has 3 nitrogen and oxygen atoms in total. The van der Waals surface area contributed by atoms with Gasteiger partial charge in [0.25, 0.3) is 5.91 Å². The normalized spacial score (nSPS) is 15.4. The van der Waals surface area contributed by atoms with E-state index in [0.717, 1.165) is 38.0 Å². The maximum absolute atomic E-state index is 14.3. The molecule has 5 rings (SSSR count). The van der Waals surface area contributed by atoms with E-state index < -0.39 is 0 Å². The molecule has 1 heterocycles. The molecule has 1 atom stereocenters. The number of nitrogens with zero attached hydrogens (tertiary/aromatic N) is 1. The minimum atomic E-state index is -0.328. The van der Waals surface area contributed by atoms with Crippen molar-refractivity contribution in [1.29, 1.82) is 0 Å². The first-order valence-corrected chi connectivity index (χ1v) is 14.4. The van der Waals surface area contributed by atoms with Gasteiger partial charge in [-0.2, -0.15) is 0 Å². The van der Waals surface area contributed by atoms with Crippen molar-refractivity contribution in [3.8, 4) is 0 Å². The summed E-state index contributed by atoms with van der Waals surface area (Å²) in [6.07, 6.45) is 4.37. The Hall–Kier alpha value is -2.92. The summed E-state index contributed by atoms with van der Waals surface area (Å²) in [7, 11) is 0. The van der Waals surface area contributed by atoms with E-state index in [1.54, 1.807) is 24.3 Å². The maximum atomic E-state index is 14.3. The zero-order valence-corrected chi connectivity index (χ0v) is 23.4. The second kappa shape index (κ2) is 13.0. The number of carbonyl (C=O) groups is 1. The lowest BCUT2D eigenvalue weighted by Gasteiger charge is -2.32. The van der Waals surface area contributed by atoms with Gasteiger partial charge >= 0.3 is 0 Å². The Balaban J connectivity index is 1.23. The van der Waals surface area contributed by atoms with Crippen LogP contribution in [0.1, 0.15) is 53.1 Å². The summed E-state index contributed by atoms with van der Waals surface area (Å²) >= 11 is 12.6. The zero-order chi connectivity index (χ0) is 27.2. The third-order valence-corrected chi connectivity index (χ3v) is 8.66. The van der Waals surface area contributed by atoms with E-state index in [1.165, 1.54) is 24.5 Å². The molecule has 0 bridgehead atoms. The smallest absolute Gasteiger partial charge is 0.251 e. The summed E-state index contributed by atoms with van der Waals surface area (Å²) in [5.74, 6) is 0.216. The first-order chi connectivity index (χ1) is 19.0. The van der Waals surface area contributed by atoms with Gasteiger partial charge in [0.2, 0.25) is 0 Å². The summed E-state index contributed by atoms with van der Waals surface area (Å²) in [5.41, 5.74) is 2.90. The quantitative estimate of drug-likeness (QED) is 0.222. The van der Waals surface area contributed by atoms with Gasteiger partial charge in [0, 0.05) is 30.0 Å². The predicted octanol–water partition coefficient (Wildman–Crippen LogP) is 8.49. The molecule has 1 N–H and O–H groups in total. The van der Waals surface area contributed by atoms with Crippen molar-refractivity contribution in [2.45, 2.75) is 38.1 Å². The lowest BCUT2D eigenvalue weighted by atomic mass is 9.86. The van der Waals surface area contributed by atoms with Crippen molar-refractivity contribution < 1.29 is 9.18 Å². The van der Waals surface area contributed by atoms with Gasteiger partial charge in [0.1, 0.15) is 5.82 Å². The minimum absolute atomic E-state index is 0.0952. The Bertz CT molecular complexity index is 1420. The number of hydrogen-bond acceptors (Lipinski definition) is 2. The molecule has 4 aromatic carbocycles. The van der Waals surface area contributed by atoms with Crippen LogP contribution in [0.15, 0.2) is 84.9 Å². The average Bonchev–Trinajstić information content (AvgIpc) is 2.96. The Morgan fingerprint density at radius 3 is 2.36 bits per heavy atom. The number of rotatable bonds is 9. The predicted molar refractivity (Wildman–Crippen MR) is 159 cm³/mol. The van der Waals surface area contributed by atoms with Gasteiger partial charge in [-0.25, -0.2) is 4.39 Å². The van der Waals surface area contributed by atoms with E-state index in [4.69, 9.17) is 23.2 Å². The molecule has 0 aliphatic carbocycles. The molecular formula is C33H33Cl2FN2O. The number of fused-ring (bicyclic) bond motifs is 1. The van der Waals surface area contributed by atoms with Crippen LogP contribution in [-0.4, -0.2) is 30.4 Å². The fourth-order valence-corrected chi connectivity index (χ4v) is 5.94. The zero-order valence-electron chi connectivity index (χ0n) is 21.9. The number of likely N-dealkylation sites (tertiary alicyclic amines) is 1. The number of hydrogen-bond donors (Lipinski definition) is 1. The van der Waals surface area contributed by atoms with Gasteiger partial charge in [-0.1, -0.05) is 83.9 Å². The largest absolute Gasteiger partial charge is 0.351 e. The number of benzene rings is 4. The summed E-state index contributed by atoms with van der Waals surface area (Å²) in [6.45, 7) is 3.68. The standard InChI is InChI=1S/C33H33Cl2FN2O/c34-30-14-12-25(20-31(30)35)26(11-10-23-16-18-38(19-17-23)22-24-6-2-1-3-7-24)21-37-33(39)29-13-15-32(36)28-9-5-4-8-27(28)29/h1-9,12-15,20,23,26H,10-11,16-19,21-22H2,(H,37,39). The monoisotopic (exact) mass is 562 g/mol. The van der Waals surface area contributed by atoms with Gasteiger partial charge in [-0.3, -0.25) is 9.69 Å². The second-order valence-electron chi connectivity index (χ2n) is 10.5. The fraction of sp³-hybridized carbons (Fsp3) is 0.303. The summed E-state index contributed by atoms with van der Waals surface area (Å²) in [6, 6.07) is 26.4. The van der Waals surface area contributed by atoms with Gasteiger partial charge in [-0.15, -0.1) is 0 Å². The van der Waals surface area contributed by atoms with Gasteiger partial charge in [0.15, 0.2) is 0 Å². The van der Waals surface area contributed by atoms with Crippen molar-refractivity contribution >= 4 is 39.9 Å². The molecule has 1 saturated heterocycles. The van der Waals surface area contributed by atoms with Gasteiger partial charge in [-0.05, 0) is 85.5 Å². The highest BCUT2D eigenvalue weighted by Gasteiger charge is 2.22. The molecule has 1 fully saturated rings. The molecule has 6 heteroatoms. The van der Waals surface area contributed by atoms with Crippen LogP contribution >= 0.6 is 23.2 Å². The van der Waals surface area contributed by atoms with E-state index >= 15 is 0 Å². The number of nitrogens with one attached hydrogen (secondary N) is 1. The molecule has 1 aliphatic rings. The van der Waals surface area contributed by atoms with Crippen molar-refractivity contribution in [3.63, 3.8) is 0 Å². The van der Waals surface area contributed by atoms with E-state index in [0.29, 0.717) is 38.8 Å². The minimum Gasteiger partial charge on any atom is -0.351 e.